The molecule has 3 aliphatic carbocycles. The van der Waals surface area contributed by atoms with E-state index in [-0.39, 0.29) is 39.1 Å². The van der Waals surface area contributed by atoms with Crippen molar-refractivity contribution >= 4 is 17.6 Å². The van der Waals surface area contributed by atoms with Crippen LogP contribution in [0.5, 0.6) is 11.5 Å². The maximum absolute atomic E-state index is 12.9. The molecule has 0 amide bonds. The summed E-state index contributed by atoms with van der Waals surface area (Å²) in [7, 11) is 0. The first-order chi connectivity index (χ1) is 14.3. The van der Waals surface area contributed by atoms with E-state index >= 15 is 0 Å². The SMILES string of the molecule is Cc1c(Cl)c(O)cc(O)c1C(=O)O[C@@H]1C[C@]2(C)[C@@H]3[C@H](C=C(CO)[C@]12O)CC(C)(C)[C@@H]3O. The summed E-state index contributed by atoms with van der Waals surface area (Å²) in [6.07, 6.45) is 1.24. The van der Waals surface area contributed by atoms with Gasteiger partial charge in [0.2, 0.25) is 0 Å². The zero-order valence-electron chi connectivity index (χ0n) is 18.0. The average Bonchev–Trinajstić information content (AvgIpc) is 2.91. The van der Waals surface area contributed by atoms with E-state index in [1.807, 2.05) is 26.8 Å². The molecule has 0 spiro atoms. The van der Waals surface area contributed by atoms with Gasteiger partial charge < -0.3 is 30.3 Å². The van der Waals surface area contributed by atoms with Gasteiger partial charge in [-0.3, -0.25) is 0 Å². The summed E-state index contributed by atoms with van der Waals surface area (Å²) in [5, 5.41) is 52.6. The summed E-state index contributed by atoms with van der Waals surface area (Å²) in [6, 6.07) is 0.965. The summed E-state index contributed by atoms with van der Waals surface area (Å²) in [4.78, 5) is 12.9. The van der Waals surface area contributed by atoms with E-state index in [1.165, 1.54) is 6.92 Å². The van der Waals surface area contributed by atoms with Crippen LogP contribution in [0.2, 0.25) is 5.02 Å². The number of phenols is 2. The molecule has 3 aliphatic rings. The van der Waals surface area contributed by atoms with Gasteiger partial charge in [0.05, 0.1) is 17.7 Å². The van der Waals surface area contributed by atoms with Gasteiger partial charge in [0, 0.05) is 17.4 Å². The van der Waals surface area contributed by atoms with Gasteiger partial charge in [0.1, 0.15) is 28.8 Å². The molecule has 5 N–H and O–H groups in total. The topological polar surface area (TPSA) is 127 Å². The summed E-state index contributed by atoms with van der Waals surface area (Å²) in [5.41, 5.74) is -2.40. The maximum atomic E-state index is 12.9. The number of aliphatic hydroxyl groups is 3. The third-order valence-electron chi connectivity index (χ3n) is 8.03. The van der Waals surface area contributed by atoms with Crippen LogP contribution in [-0.4, -0.2) is 55.9 Å². The van der Waals surface area contributed by atoms with Crippen molar-refractivity contribution < 1.29 is 35.1 Å². The summed E-state index contributed by atoms with van der Waals surface area (Å²) >= 11 is 6.00. The van der Waals surface area contributed by atoms with Crippen molar-refractivity contribution in [3.63, 3.8) is 0 Å². The number of fused-ring (bicyclic) bond motifs is 3. The fourth-order valence-corrected chi connectivity index (χ4v) is 6.49. The molecular formula is C23H29ClO7. The van der Waals surface area contributed by atoms with E-state index in [1.54, 1.807) is 0 Å². The summed E-state index contributed by atoms with van der Waals surface area (Å²) in [6.45, 7) is 6.92. The van der Waals surface area contributed by atoms with Crippen LogP contribution in [0.15, 0.2) is 17.7 Å². The molecule has 2 fully saturated rings. The number of phenolic OH excluding ortho intramolecular Hbond substituents is 2. The second-order valence-electron chi connectivity index (χ2n) is 10.2. The van der Waals surface area contributed by atoms with Crippen LogP contribution >= 0.6 is 11.6 Å². The maximum Gasteiger partial charge on any atom is 0.342 e. The molecule has 2 saturated carbocycles. The Labute approximate surface area is 185 Å². The van der Waals surface area contributed by atoms with Crippen LogP contribution < -0.4 is 0 Å². The summed E-state index contributed by atoms with van der Waals surface area (Å²) in [5.74, 6) is -1.95. The lowest BCUT2D eigenvalue weighted by Crippen LogP contribution is -2.74. The minimum atomic E-state index is -1.63. The molecule has 0 radical (unpaired) electrons. The largest absolute Gasteiger partial charge is 0.507 e. The van der Waals surface area contributed by atoms with Gasteiger partial charge >= 0.3 is 5.97 Å². The van der Waals surface area contributed by atoms with E-state index in [0.717, 1.165) is 12.5 Å². The molecule has 0 saturated heterocycles. The Morgan fingerprint density at radius 1 is 1.23 bits per heavy atom. The number of allylic oxidation sites excluding steroid dienone is 1. The minimum absolute atomic E-state index is 0.0104. The van der Waals surface area contributed by atoms with Gasteiger partial charge in [-0.1, -0.05) is 38.4 Å². The van der Waals surface area contributed by atoms with Gasteiger partial charge in [-0.2, -0.15) is 0 Å². The highest BCUT2D eigenvalue weighted by Crippen LogP contribution is 2.68. The molecule has 1 aromatic carbocycles. The van der Waals surface area contributed by atoms with Crippen LogP contribution in [-0.2, 0) is 4.74 Å². The number of aliphatic hydroxyl groups excluding tert-OH is 2. The van der Waals surface area contributed by atoms with E-state index in [0.29, 0.717) is 12.0 Å². The van der Waals surface area contributed by atoms with Crippen molar-refractivity contribution in [2.75, 3.05) is 6.61 Å². The Kier molecular flexibility index (Phi) is 4.95. The van der Waals surface area contributed by atoms with Crippen molar-refractivity contribution in [2.45, 2.75) is 58.3 Å². The zero-order valence-corrected chi connectivity index (χ0v) is 18.8. The highest BCUT2D eigenvalue weighted by atomic mass is 35.5. The number of hydrogen-bond donors (Lipinski definition) is 5. The second kappa shape index (κ2) is 6.85. The van der Waals surface area contributed by atoms with Crippen LogP contribution in [0.4, 0.5) is 0 Å². The lowest BCUT2D eigenvalue weighted by atomic mass is 9.43. The Morgan fingerprint density at radius 3 is 2.48 bits per heavy atom. The molecule has 0 aromatic heterocycles. The molecule has 0 heterocycles. The average molecular weight is 453 g/mol. The lowest BCUT2D eigenvalue weighted by molar-refractivity contribution is -0.260. The molecule has 8 heteroatoms. The molecule has 6 atom stereocenters. The van der Waals surface area contributed by atoms with E-state index in [9.17, 15) is 30.3 Å². The number of halogens is 1. The lowest BCUT2D eigenvalue weighted by Gasteiger charge is -2.65. The number of hydrogen-bond acceptors (Lipinski definition) is 7. The molecule has 0 aliphatic heterocycles. The molecule has 0 bridgehead atoms. The Morgan fingerprint density at radius 2 is 1.87 bits per heavy atom. The first kappa shape index (κ1) is 22.4. The van der Waals surface area contributed by atoms with Crippen molar-refractivity contribution in [3.8, 4) is 11.5 Å². The fraction of sp³-hybridized carbons (Fsp3) is 0.609. The number of rotatable bonds is 3. The van der Waals surface area contributed by atoms with E-state index < -0.39 is 41.5 Å². The highest BCUT2D eigenvalue weighted by Gasteiger charge is 2.74. The fourth-order valence-electron chi connectivity index (χ4n) is 6.34. The van der Waals surface area contributed by atoms with Crippen molar-refractivity contribution in [1.29, 1.82) is 0 Å². The van der Waals surface area contributed by atoms with Gasteiger partial charge in [0.15, 0.2) is 0 Å². The van der Waals surface area contributed by atoms with Gasteiger partial charge in [-0.05, 0) is 42.2 Å². The third-order valence-corrected chi connectivity index (χ3v) is 8.51. The monoisotopic (exact) mass is 452 g/mol. The Hall–Kier alpha value is -1.80. The quantitative estimate of drug-likeness (QED) is 0.352. The number of benzene rings is 1. The van der Waals surface area contributed by atoms with Gasteiger partial charge in [-0.25, -0.2) is 4.79 Å². The number of carbonyl (C=O) groups is 1. The van der Waals surface area contributed by atoms with Crippen LogP contribution in [0.25, 0.3) is 0 Å². The third kappa shape index (κ3) is 2.80. The molecule has 170 valence electrons. The van der Waals surface area contributed by atoms with E-state index in [4.69, 9.17) is 16.3 Å². The minimum Gasteiger partial charge on any atom is -0.507 e. The number of esters is 1. The molecule has 7 nitrogen and oxygen atoms in total. The van der Waals surface area contributed by atoms with Gasteiger partial charge in [0.25, 0.3) is 0 Å². The first-order valence-corrected chi connectivity index (χ1v) is 10.8. The molecule has 1 aromatic rings. The normalized spacial score (nSPS) is 38.0. The number of aromatic hydroxyl groups is 2. The molecule has 0 unspecified atom stereocenters. The van der Waals surface area contributed by atoms with Crippen LogP contribution in [0.1, 0.15) is 49.5 Å². The van der Waals surface area contributed by atoms with Crippen molar-refractivity contribution in [1.82, 2.24) is 0 Å². The van der Waals surface area contributed by atoms with Crippen LogP contribution in [0.3, 0.4) is 0 Å². The van der Waals surface area contributed by atoms with E-state index in [2.05, 4.69) is 0 Å². The number of ether oxygens (including phenoxy) is 1. The standard InChI is InChI=1S/C23H29ClO7/c1-10-16(13(26)6-14(27)18(10)24)20(29)31-15-8-22(4)17-11(7-21(2,3)19(17)28)5-12(9-25)23(15,22)30/h5-6,11,15,17,19,25-28,30H,7-9H2,1-4H3/t11-,15-,17-,19-,22-,23+/m1/s1. The zero-order chi connectivity index (χ0) is 23.1. The predicted molar refractivity (Wildman–Crippen MR) is 113 cm³/mol. The molecular weight excluding hydrogens is 424 g/mol. The predicted octanol–water partition coefficient (Wildman–Crippen LogP) is 2.68. The number of carbonyl (C=O) groups excluding carboxylic acids is 1. The van der Waals surface area contributed by atoms with Crippen molar-refractivity contribution in [2.24, 2.45) is 22.7 Å². The Balaban J connectivity index is 1.68. The second-order valence-corrected chi connectivity index (χ2v) is 10.6. The summed E-state index contributed by atoms with van der Waals surface area (Å²) < 4.78 is 5.61. The molecule has 31 heavy (non-hydrogen) atoms. The van der Waals surface area contributed by atoms with Crippen LogP contribution in [0, 0.1) is 29.6 Å². The van der Waals surface area contributed by atoms with Gasteiger partial charge in [-0.15, -0.1) is 0 Å². The van der Waals surface area contributed by atoms with Crippen molar-refractivity contribution in [3.05, 3.63) is 33.9 Å². The smallest absolute Gasteiger partial charge is 0.342 e. The molecule has 4 rings (SSSR count). The Bertz CT molecular complexity index is 987. The highest BCUT2D eigenvalue weighted by molar-refractivity contribution is 6.33. The first-order valence-electron chi connectivity index (χ1n) is 10.4.